The molecule has 3 rings (SSSR count). The molecule has 0 spiro atoms. The maximum atomic E-state index is 11.9. The molecule has 6 heteroatoms. The molecule has 2 amide bonds. The van der Waals surface area contributed by atoms with Crippen LogP contribution in [-0.4, -0.2) is 24.1 Å². The van der Waals surface area contributed by atoms with Gasteiger partial charge in [-0.3, -0.25) is 0 Å². The summed E-state index contributed by atoms with van der Waals surface area (Å²) >= 11 is 0. The molecule has 0 atom stereocenters. The lowest BCUT2D eigenvalue weighted by Gasteiger charge is -2.11. The van der Waals surface area contributed by atoms with Gasteiger partial charge in [0.05, 0.1) is 11.1 Å². The zero-order chi connectivity index (χ0) is 19.2. The van der Waals surface area contributed by atoms with Gasteiger partial charge >= 0.3 is 6.03 Å². The number of carbonyl (C=O) groups is 1. The molecule has 0 aliphatic rings. The van der Waals surface area contributed by atoms with Crippen LogP contribution in [0.3, 0.4) is 0 Å². The highest BCUT2D eigenvalue weighted by molar-refractivity contribution is 5.89. The van der Waals surface area contributed by atoms with Crippen molar-refractivity contribution in [1.29, 1.82) is 5.26 Å². The molecule has 27 heavy (non-hydrogen) atoms. The fraction of sp³-hybridized carbons (Fsp3) is 0.190. The maximum Gasteiger partial charge on any atom is 0.319 e. The van der Waals surface area contributed by atoms with Gasteiger partial charge < -0.3 is 16.0 Å². The Labute approximate surface area is 158 Å². The van der Waals surface area contributed by atoms with Crippen LogP contribution in [0.2, 0.25) is 0 Å². The molecule has 0 radical (unpaired) electrons. The lowest BCUT2D eigenvalue weighted by atomic mass is 10.1. The van der Waals surface area contributed by atoms with Crippen molar-refractivity contribution >= 4 is 28.4 Å². The minimum absolute atomic E-state index is 0.275. The monoisotopic (exact) mass is 359 g/mol. The highest BCUT2D eigenvalue weighted by Crippen LogP contribution is 2.22. The molecule has 3 aromatic rings. The fourth-order valence-corrected chi connectivity index (χ4v) is 2.74. The van der Waals surface area contributed by atoms with Crippen molar-refractivity contribution in [2.45, 2.75) is 13.8 Å². The van der Waals surface area contributed by atoms with E-state index in [1.807, 2.05) is 62.4 Å². The number of carbonyl (C=O) groups excluding carboxylic acids is 1. The van der Waals surface area contributed by atoms with E-state index in [1.54, 1.807) is 0 Å². The van der Waals surface area contributed by atoms with Crippen LogP contribution in [0.5, 0.6) is 0 Å². The number of hydrogen-bond acceptors (Lipinski definition) is 4. The number of nitrogens with one attached hydrogen (secondary N) is 3. The zero-order valence-corrected chi connectivity index (χ0v) is 15.3. The first kappa shape index (κ1) is 18.2. The first-order valence-corrected chi connectivity index (χ1v) is 8.72. The van der Waals surface area contributed by atoms with Crippen LogP contribution < -0.4 is 16.0 Å². The van der Waals surface area contributed by atoms with E-state index in [4.69, 9.17) is 0 Å². The topological polar surface area (TPSA) is 89.8 Å². The van der Waals surface area contributed by atoms with E-state index in [0.717, 1.165) is 27.7 Å². The molecular weight excluding hydrogens is 338 g/mol. The number of nitriles is 1. The summed E-state index contributed by atoms with van der Waals surface area (Å²) in [6.45, 7) is 4.84. The number of para-hydroxylation sites is 1. The number of anilines is 2. The molecule has 2 aromatic carbocycles. The van der Waals surface area contributed by atoms with Crippen LogP contribution in [0.4, 0.5) is 16.3 Å². The van der Waals surface area contributed by atoms with Gasteiger partial charge in [-0.2, -0.15) is 5.26 Å². The molecule has 0 aliphatic carbocycles. The second-order valence-corrected chi connectivity index (χ2v) is 6.32. The van der Waals surface area contributed by atoms with Crippen LogP contribution in [0.15, 0.2) is 48.5 Å². The number of fused-ring (bicyclic) bond motifs is 1. The van der Waals surface area contributed by atoms with E-state index in [9.17, 15) is 10.1 Å². The first-order chi connectivity index (χ1) is 13.1. The van der Waals surface area contributed by atoms with Crippen LogP contribution in [0.1, 0.15) is 16.7 Å². The number of amides is 2. The molecule has 136 valence electrons. The number of hydrogen-bond donors (Lipinski definition) is 3. The van der Waals surface area contributed by atoms with Crippen LogP contribution in [0, 0.1) is 25.2 Å². The smallest absolute Gasteiger partial charge is 0.319 e. The largest absolute Gasteiger partial charge is 0.367 e. The molecule has 1 aromatic heterocycles. The van der Waals surface area contributed by atoms with E-state index >= 15 is 0 Å². The van der Waals surface area contributed by atoms with Gasteiger partial charge in [0.2, 0.25) is 0 Å². The normalized spacial score (nSPS) is 10.3. The summed E-state index contributed by atoms with van der Waals surface area (Å²) in [6.07, 6.45) is 0. The van der Waals surface area contributed by atoms with Crippen molar-refractivity contribution in [1.82, 2.24) is 10.3 Å². The summed E-state index contributed by atoms with van der Waals surface area (Å²) < 4.78 is 0. The summed E-state index contributed by atoms with van der Waals surface area (Å²) in [7, 11) is 0. The third kappa shape index (κ3) is 4.53. The molecular formula is C21H21N5O. The SMILES string of the molecule is Cc1ccc(NC(=O)NCCNc2nc3c(C)cccc3cc2C#N)cc1. The van der Waals surface area contributed by atoms with E-state index in [0.29, 0.717) is 24.5 Å². The molecule has 0 saturated carbocycles. The number of aryl methyl sites for hydroxylation is 2. The summed E-state index contributed by atoms with van der Waals surface area (Å²) in [4.78, 5) is 16.5. The second kappa shape index (κ2) is 8.19. The fourth-order valence-electron chi connectivity index (χ4n) is 2.74. The van der Waals surface area contributed by atoms with Gasteiger partial charge in [-0.05, 0) is 37.6 Å². The molecule has 0 bridgehead atoms. The number of benzene rings is 2. The molecule has 0 saturated heterocycles. The summed E-state index contributed by atoms with van der Waals surface area (Å²) in [5, 5.41) is 19.0. The van der Waals surface area contributed by atoms with Crippen molar-refractivity contribution in [3.05, 3.63) is 65.2 Å². The minimum Gasteiger partial charge on any atom is -0.367 e. The van der Waals surface area contributed by atoms with Gasteiger partial charge in [-0.1, -0.05) is 35.9 Å². The quantitative estimate of drug-likeness (QED) is 0.602. The van der Waals surface area contributed by atoms with Crippen LogP contribution in [-0.2, 0) is 0 Å². The Bertz CT molecular complexity index is 1010. The lowest BCUT2D eigenvalue weighted by molar-refractivity contribution is 0.252. The number of rotatable bonds is 5. The zero-order valence-electron chi connectivity index (χ0n) is 15.3. The molecule has 3 N–H and O–H groups in total. The van der Waals surface area contributed by atoms with Gasteiger partial charge in [0.15, 0.2) is 0 Å². The Hall–Kier alpha value is -3.59. The van der Waals surface area contributed by atoms with Crippen molar-refractivity contribution in [3.8, 4) is 6.07 Å². The predicted molar refractivity (Wildman–Crippen MR) is 108 cm³/mol. The third-order valence-electron chi connectivity index (χ3n) is 4.18. The Morgan fingerprint density at radius 1 is 1.11 bits per heavy atom. The average Bonchev–Trinajstić information content (AvgIpc) is 2.67. The summed E-state index contributed by atoms with van der Waals surface area (Å²) in [5.74, 6) is 0.528. The molecule has 0 aliphatic heterocycles. The maximum absolute atomic E-state index is 11.9. The van der Waals surface area contributed by atoms with Gasteiger partial charge in [0, 0.05) is 24.2 Å². The molecule has 1 heterocycles. The van der Waals surface area contributed by atoms with Crippen molar-refractivity contribution in [2.24, 2.45) is 0 Å². The standard InChI is InChI=1S/C21H21N5O/c1-14-6-8-18(9-7-14)25-21(27)24-11-10-23-20-17(13-22)12-16-5-3-4-15(2)19(16)26-20/h3-9,12H,10-11H2,1-2H3,(H,23,26)(H2,24,25,27). The summed E-state index contributed by atoms with van der Waals surface area (Å²) in [5.41, 5.74) is 4.28. The van der Waals surface area contributed by atoms with Gasteiger partial charge in [0.25, 0.3) is 0 Å². The molecule has 6 nitrogen and oxygen atoms in total. The Morgan fingerprint density at radius 3 is 2.63 bits per heavy atom. The van der Waals surface area contributed by atoms with Gasteiger partial charge in [0.1, 0.15) is 11.9 Å². The van der Waals surface area contributed by atoms with E-state index in [2.05, 4.69) is 27.0 Å². The third-order valence-corrected chi connectivity index (χ3v) is 4.18. The van der Waals surface area contributed by atoms with Crippen molar-refractivity contribution in [2.75, 3.05) is 23.7 Å². The Kier molecular flexibility index (Phi) is 5.53. The van der Waals surface area contributed by atoms with Crippen LogP contribution in [0.25, 0.3) is 10.9 Å². The second-order valence-electron chi connectivity index (χ2n) is 6.32. The van der Waals surface area contributed by atoms with E-state index < -0.39 is 0 Å². The Morgan fingerprint density at radius 2 is 1.89 bits per heavy atom. The highest BCUT2D eigenvalue weighted by atomic mass is 16.2. The average molecular weight is 359 g/mol. The lowest BCUT2D eigenvalue weighted by Crippen LogP contribution is -2.32. The predicted octanol–water partition coefficient (Wildman–Crippen LogP) is 3.96. The molecule has 0 fully saturated rings. The van der Waals surface area contributed by atoms with Gasteiger partial charge in [-0.15, -0.1) is 0 Å². The Balaban J connectivity index is 1.57. The van der Waals surface area contributed by atoms with Gasteiger partial charge in [-0.25, -0.2) is 9.78 Å². The van der Waals surface area contributed by atoms with Crippen LogP contribution >= 0.6 is 0 Å². The van der Waals surface area contributed by atoms with Crippen molar-refractivity contribution in [3.63, 3.8) is 0 Å². The van der Waals surface area contributed by atoms with E-state index in [-0.39, 0.29) is 6.03 Å². The minimum atomic E-state index is -0.275. The number of aromatic nitrogens is 1. The summed E-state index contributed by atoms with van der Waals surface area (Å²) in [6, 6.07) is 17.2. The highest BCUT2D eigenvalue weighted by Gasteiger charge is 2.08. The van der Waals surface area contributed by atoms with E-state index in [1.165, 1.54) is 0 Å². The number of urea groups is 1. The van der Waals surface area contributed by atoms with Crippen molar-refractivity contribution < 1.29 is 4.79 Å². The molecule has 0 unspecified atom stereocenters. The number of pyridine rings is 1. The first-order valence-electron chi connectivity index (χ1n) is 8.72. The number of nitrogens with zero attached hydrogens (tertiary/aromatic N) is 2.